The second-order valence-corrected chi connectivity index (χ2v) is 5.83. The number of hydrogen-bond acceptors (Lipinski definition) is 4. The minimum absolute atomic E-state index is 0. The zero-order chi connectivity index (χ0) is 15.9. The fraction of sp³-hybridized carbons (Fsp3) is 0.533. The zero-order valence-corrected chi connectivity index (χ0v) is 15.6. The average Bonchev–Trinajstić information content (AvgIpc) is 2.55. The number of amides is 2. The predicted molar refractivity (Wildman–Crippen MR) is 100.0 cm³/mol. The van der Waals surface area contributed by atoms with Gasteiger partial charge in [-0.1, -0.05) is 11.6 Å². The lowest BCUT2D eigenvalue weighted by atomic mass is 9.95. The van der Waals surface area contributed by atoms with Crippen LogP contribution in [0.2, 0.25) is 5.02 Å². The summed E-state index contributed by atoms with van der Waals surface area (Å²) in [6.45, 7) is 1.77. The highest BCUT2D eigenvalue weighted by atomic mass is 35.5. The molecule has 1 aliphatic rings. The monoisotopic (exact) mass is 396 g/mol. The summed E-state index contributed by atoms with van der Waals surface area (Å²) < 4.78 is 0. The normalized spacial score (nSPS) is 14.3. The second-order valence-electron chi connectivity index (χ2n) is 5.40. The van der Waals surface area contributed by atoms with Crippen LogP contribution < -0.4 is 11.1 Å². The molecule has 0 aromatic carbocycles. The molecule has 1 aromatic rings. The maximum Gasteiger partial charge on any atom is 0.228 e. The summed E-state index contributed by atoms with van der Waals surface area (Å²) in [7, 11) is 0. The number of hydrogen-bond donors (Lipinski definition) is 2. The number of nitrogens with two attached hydrogens (primary N) is 1. The van der Waals surface area contributed by atoms with Gasteiger partial charge in [-0.2, -0.15) is 0 Å². The molecule has 1 aliphatic heterocycles. The van der Waals surface area contributed by atoms with Crippen LogP contribution in [0.3, 0.4) is 0 Å². The molecule has 0 saturated carbocycles. The van der Waals surface area contributed by atoms with Crippen LogP contribution in [0.25, 0.3) is 0 Å². The topological polar surface area (TPSA) is 88.3 Å². The molecule has 136 valence electrons. The van der Waals surface area contributed by atoms with Crippen molar-refractivity contribution < 1.29 is 9.59 Å². The largest absolute Gasteiger partial charge is 0.343 e. The minimum atomic E-state index is -0.0870. The summed E-state index contributed by atoms with van der Waals surface area (Å²) in [5.74, 6) is 0.486. The maximum atomic E-state index is 12.2. The van der Waals surface area contributed by atoms with Gasteiger partial charge in [-0.3, -0.25) is 9.59 Å². The summed E-state index contributed by atoms with van der Waals surface area (Å²) in [5.41, 5.74) is 5.41. The van der Waals surface area contributed by atoms with Gasteiger partial charge in [0, 0.05) is 31.6 Å². The van der Waals surface area contributed by atoms with Crippen LogP contribution in [0.4, 0.5) is 5.82 Å². The zero-order valence-electron chi connectivity index (χ0n) is 13.2. The van der Waals surface area contributed by atoms with Gasteiger partial charge < -0.3 is 16.0 Å². The van der Waals surface area contributed by atoms with E-state index in [2.05, 4.69) is 10.3 Å². The molecule has 0 unspecified atom stereocenters. The molecule has 0 aliphatic carbocycles. The van der Waals surface area contributed by atoms with Crippen molar-refractivity contribution in [1.29, 1.82) is 0 Å². The summed E-state index contributed by atoms with van der Waals surface area (Å²) in [4.78, 5) is 30.0. The Balaban J connectivity index is 0.00000264. The average molecular weight is 398 g/mol. The molecule has 1 fully saturated rings. The SMILES string of the molecule is Cl.Cl.NCCCC(=O)N1CCC(C(=O)Nc2ccc(Cl)cn2)CC1. The third-order valence-electron chi connectivity index (χ3n) is 3.79. The molecule has 6 nitrogen and oxygen atoms in total. The quantitative estimate of drug-likeness (QED) is 0.799. The third kappa shape index (κ3) is 6.81. The molecule has 2 rings (SSSR count). The number of carbonyl (C=O) groups excluding carboxylic acids is 2. The Hall–Kier alpha value is -1.08. The number of nitrogens with zero attached hydrogens (tertiary/aromatic N) is 2. The van der Waals surface area contributed by atoms with Crippen LogP contribution in [-0.2, 0) is 9.59 Å². The number of halogens is 3. The summed E-state index contributed by atoms with van der Waals surface area (Å²) in [6, 6.07) is 3.36. The molecule has 1 aromatic heterocycles. The standard InChI is InChI=1S/C15H21ClN4O2.2ClH/c16-12-3-4-13(18-10-12)19-15(22)11-5-8-20(9-6-11)14(21)2-1-7-17;;/h3-4,10-11H,1-2,5-9,17H2,(H,18,19,22);2*1H. The van der Waals surface area contributed by atoms with Crippen LogP contribution in [0, 0.1) is 5.92 Å². The number of likely N-dealkylation sites (tertiary alicyclic amines) is 1. The summed E-state index contributed by atoms with van der Waals surface area (Å²) >= 11 is 5.76. The molecule has 24 heavy (non-hydrogen) atoms. The highest BCUT2D eigenvalue weighted by Crippen LogP contribution is 2.20. The first-order chi connectivity index (χ1) is 10.6. The van der Waals surface area contributed by atoms with Gasteiger partial charge in [-0.05, 0) is 37.9 Å². The Bertz CT molecular complexity index is 520. The number of carbonyl (C=O) groups is 2. The highest BCUT2D eigenvalue weighted by molar-refractivity contribution is 6.30. The van der Waals surface area contributed by atoms with Crippen LogP contribution >= 0.6 is 36.4 Å². The van der Waals surface area contributed by atoms with Crippen molar-refractivity contribution in [3.8, 4) is 0 Å². The van der Waals surface area contributed by atoms with Gasteiger partial charge in [0.05, 0.1) is 5.02 Å². The van der Waals surface area contributed by atoms with Crippen LogP contribution in [0.5, 0.6) is 0 Å². The molecule has 0 bridgehead atoms. The van der Waals surface area contributed by atoms with Crippen molar-refractivity contribution in [2.45, 2.75) is 25.7 Å². The molecule has 9 heteroatoms. The van der Waals surface area contributed by atoms with Crippen molar-refractivity contribution >= 4 is 54.0 Å². The smallest absolute Gasteiger partial charge is 0.228 e. The van der Waals surface area contributed by atoms with Crippen LogP contribution in [-0.4, -0.2) is 41.3 Å². The van der Waals surface area contributed by atoms with Gasteiger partial charge in [-0.25, -0.2) is 4.98 Å². The Morgan fingerprint density at radius 1 is 1.29 bits per heavy atom. The maximum absolute atomic E-state index is 12.2. The third-order valence-corrected chi connectivity index (χ3v) is 4.02. The van der Waals surface area contributed by atoms with E-state index in [1.54, 1.807) is 12.1 Å². The van der Waals surface area contributed by atoms with E-state index in [1.165, 1.54) is 6.20 Å². The Kier molecular flexibility index (Phi) is 11.0. The van der Waals surface area contributed by atoms with E-state index in [4.69, 9.17) is 17.3 Å². The fourth-order valence-electron chi connectivity index (χ4n) is 2.48. The van der Waals surface area contributed by atoms with Gasteiger partial charge in [0.15, 0.2) is 0 Å². The molecule has 0 spiro atoms. The van der Waals surface area contributed by atoms with E-state index in [9.17, 15) is 9.59 Å². The van der Waals surface area contributed by atoms with E-state index < -0.39 is 0 Å². The fourth-order valence-corrected chi connectivity index (χ4v) is 2.59. The Morgan fingerprint density at radius 3 is 2.50 bits per heavy atom. The van der Waals surface area contributed by atoms with Crippen molar-refractivity contribution in [3.63, 3.8) is 0 Å². The first-order valence-corrected chi connectivity index (χ1v) is 7.88. The van der Waals surface area contributed by atoms with Crippen molar-refractivity contribution in [2.75, 3.05) is 25.0 Å². The molecule has 1 saturated heterocycles. The summed E-state index contributed by atoms with van der Waals surface area (Å²) in [6.07, 6.45) is 4.04. The molecular weight excluding hydrogens is 375 g/mol. The molecule has 2 heterocycles. The number of rotatable bonds is 5. The number of aromatic nitrogens is 1. The first kappa shape index (κ1) is 22.9. The van der Waals surface area contributed by atoms with Gasteiger partial charge in [0.25, 0.3) is 0 Å². The first-order valence-electron chi connectivity index (χ1n) is 7.50. The van der Waals surface area contributed by atoms with E-state index >= 15 is 0 Å². The van der Waals surface area contributed by atoms with Crippen molar-refractivity contribution in [3.05, 3.63) is 23.4 Å². The number of pyridine rings is 1. The number of piperidine rings is 1. The lowest BCUT2D eigenvalue weighted by Gasteiger charge is -2.31. The molecular formula is C15H23Cl3N4O2. The number of anilines is 1. The predicted octanol–water partition coefficient (Wildman–Crippen LogP) is 2.49. The number of nitrogens with one attached hydrogen (secondary N) is 1. The van der Waals surface area contributed by atoms with Gasteiger partial charge in [0.2, 0.25) is 11.8 Å². The van der Waals surface area contributed by atoms with Crippen LogP contribution in [0.1, 0.15) is 25.7 Å². The lowest BCUT2D eigenvalue weighted by Crippen LogP contribution is -2.41. The van der Waals surface area contributed by atoms with E-state index in [0.717, 1.165) is 0 Å². The molecule has 3 N–H and O–H groups in total. The van der Waals surface area contributed by atoms with E-state index in [0.29, 0.717) is 56.2 Å². The Morgan fingerprint density at radius 2 is 1.96 bits per heavy atom. The summed E-state index contributed by atoms with van der Waals surface area (Å²) in [5, 5.41) is 3.32. The minimum Gasteiger partial charge on any atom is -0.343 e. The van der Waals surface area contributed by atoms with E-state index in [-0.39, 0.29) is 42.5 Å². The molecule has 0 radical (unpaired) electrons. The van der Waals surface area contributed by atoms with Gasteiger partial charge in [-0.15, -0.1) is 24.8 Å². The highest BCUT2D eigenvalue weighted by Gasteiger charge is 2.27. The molecule has 0 atom stereocenters. The van der Waals surface area contributed by atoms with Crippen LogP contribution in [0.15, 0.2) is 18.3 Å². The van der Waals surface area contributed by atoms with E-state index in [1.807, 2.05) is 4.90 Å². The lowest BCUT2D eigenvalue weighted by molar-refractivity contribution is -0.134. The van der Waals surface area contributed by atoms with Gasteiger partial charge in [0.1, 0.15) is 5.82 Å². The van der Waals surface area contributed by atoms with Crippen molar-refractivity contribution in [2.24, 2.45) is 11.7 Å². The van der Waals surface area contributed by atoms with Gasteiger partial charge >= 0.3 is 0 Å². The Labute approximate surface area is 159 Å². The van der Waals surface area contributed by atoms with Crippen molar-refractivity contribution in [1.82, 2.24) is 9.88 Å². The molecule has 2 amide bonds. The second kappa shape index (κ2) is 11.5.